The highest BCUT2D eigenvalue weighted by Crippen LogP contribution is 2.32. The van der Waals surface area contributed by atoms with Crippen molar-refractivity contribution in [3.63, 3.8) is 0 Å². The first-order chi connectivity index (χ1) is 9.32. The molecule has 1 aliphatic rings. The summed E-state index contributed by atoms with van der Waals surface area (Å²) in [5.74, 6) is -0.503. The van der Waals surface area contributed by atoms with Crippen LogP contribution in [0.15, 0.2) is 18.2 Å². The van der Waals surface area contributed by atoms with Crippen molar-refractivity contribution in [1.82, 2.24) is 4.90 Å². The maximum absolute atomic E-state index is 12.7. The molecule has 1 aromatic carbocycles. The summed E-state index contributed by atoms with van der Waals surface area (Å²) in [6.07, 6.45) is -4.66. The molecule has 1 fully saturated rings. The molecule has 1 saturated heterocycles. The van der Waals surface area contributed by atoms with Crippen molar-refractivity contribution in [3.8, 4) is 0 Å². The van der Waals surface area contributed by atoms with E-state index in [0.717, 1.165) is 12.1 Å². The summed E-state index contributed by atoms with van der Waals surface area (Å²) >= 11 is 0. The first-order valence-electron chi connectivity index (χ1n) is 6.19. The van der Waals surface area contributed by atoms with Crippen LogP contribution in [0.1, 0.15) is 22.3 Å². The zero-order chi connectivity index (χ0) is 14.9. The number of aliphatic hydroxyl groups is 1. The molecule has 0 aliphatic carbocycles. The Labute approximate surface area is 114 Å². The highest BCUT2D eigenvalue weighted by atomic mass is 19.4. The molecule has 1 aromatic rings. The average molecular weight is 288 g/mol. The number of likely N-dealkylation sites (tertiary alicyclic amines) is 1. The molecule has 0 saturated carbocycles. The van der Waals surface area contributed by atoms with Gasteiger partial charge in [-0.2, -0.15) is 13.2 Å². The SMILES string of the molecule is CNc1ccc(C(F)(F)F)cc1C(=O)N1CCC(O)C1. The van der Waals surface area contributed by atoms with Crippen molar-refractivity contribution in [2.75, 3.05) is 25.5 Å². The highest BCUT2D eigenvalue weighted by molar-refractivity contribution is 6.00. The van der Waals surface area contributed by atoms with E-state index in [1.807, 2.05) is 0 Å². The van der Waals surface area contributed by atoms with Crippen LogP contribution in [0.4, 0.5) is 18.9 Å². The molecule has 0 spiro atoms. The summed E-state index contributed by atoms with van der Waals surface area (Å²) in [7, 11) is 1.54. The van der Waals surface area contributed by atoms with Crippen LogP contribution in [0.3, 0.4) is 0 Å². The average Bonchev–Trinajstić information content (AvgIpc) is 2.82. The molecule has 20 heavy (non-hydrogen) atoms. The number of alkyl halides is 3. The molecule has 1 heterocycles. The van der Waals surface area contributed by atoms with Gasteiger partial charge in [-0.15, -0.1) is 0 Å². The fraction of sp³-hybridized carbons (Fsp3) is 0.462. The zero-order valence-electron chi connectivity index (χ0n) is 10.9. The Morgan fingerprint density at radius 1 is 1.45 bits per heavy atom. The predicted octanol–water partition coefficient (Wildman–Crippen LogP) is 1.95. The number of anilines is 1. The third-order valence-electron chi connectivity index (χ3n) is 3.30. The molecular weight excluding hydrogens is 273 g/mol. The summed E-state index contributed by atoms with van der Waals surface area (Å²) in [5.41, 5.74) is -0.555. The Bertz CT molecular complexity index is 517. The van der Waals surface area contributed by atoms with E-state index < -0.39 is 23.8 Å². The smallest absolute Gasteiger partial charge is 0.391 e. The first kappa shape index (κ1) is 14.6. The van der Waals surface area contributed by atoms with E-state index >= 15 is 0 Å². The number of amides is 1. The number of halogens is 3. The van der Waals surface area contributed by atoms with Crippen molar-refractivity contribution in [3.05, 3.63) is 29.3 Å². The Balaban J connectivity index is 2.35. The molecule has 0 radical (unpaired) electrons. The highest BCUT2D eigenvalue weighted by Gasteiger charge is 2.33. The molecule has 1 aliphatic heterocycles. The van der Waals surface area contributed by atoms with Gasteiger partial charge in [0.2, 0.25) is 0 Å². The van der Waals surface area contributed by atoms with Gasteiger partial charge in [0.1, 0.15) is 0 Å². The normalized spacial score (nSPS) is 19.2. The molecule has 0 aromatic heterocycles. The number of nitrogens with zero attached hydrogens (tertiary/aromatic N) is 1. The van der Waals surface area contributed by atoms with E-state index in [2.05, 4.69) is 5.32 Å². The van der Waals surface area contributed by atoms with Crippen molar-refractivity contribution in [1.29, 1.82) is 0 Å². The van der Waals surface area contributed by atoms with E-state index in [4.69, 9.17) is 0 Å². The minimum absolute atomic E-state index is 0.0311. The maximum atomic E-state index is 12.7. The number of β-amino-alcohol motifs (C(OH)–C–C–N with tert-alkyl or cyclic N) is 1. The Morgan fingerprint density at radius 2 is 2.15 bits per heavy atom. The molecule has 7 heteroatoms. The third kappa shape index (κ3) is 2.87. The van der Waals surface area contributed by atoms with Gasteiger partial charge >= 0.3 is 6.18 Å². The first-order valence-corrected chi connectivity index (χ1v) is 6.19. The number of aliphatic hydroxyl groups excluding tert-OH is 1. The largest absolute Gasteiger partial charge is 0.416 e. The summed E-state index contributed by atoms with van der Waals surface area (Å²) in [6.45, 7) is 0.498. The van der Waals surface area contributed by atoms with E-state index in [0.29, 0.717) is 18.7 Å². The minimum Gasteiger partial charge on any atom is -0.391 e. The lowest BCUT2D eigenvalue weighted by molar-refractivity contribution is -0.137. The number of hydrogen-bond acceptors (Lipinski definition) is 3. The summed E-state index contributed by atoms with van der Waals surface area (Å²) in [6, 6.07) is 3.02. The van der Waals surface area contributed by atoms with Gasteiger partial charge in [-0.3, -0.25) is 4.79 Å². The van der Waals surface area contributed by atoms with Crippen LogP contribution in [-0.2, 0) is 6.18 Å². The third-order valence-corrected chi connectivity index (χ3v) is 3.30. The van der Waals surface area contributed by atoms with Gasteiger partial charge in [-0.05, 0) is 24.6 Å². The lowest BCUT2D eigenvalue weighted by Gasteiger charge is -2.19. The van der Waals surface area contributed by atoms with Crippen molar-refractivity contribution < 1.29 is 23.1 Å². The van der Waals surface area contributed by atoms with Crippen LogP contribution in [-0.4, -0.2) is 42.2 Å². The molecule has 1 atom stereocenters. The number of benzene rings is 1. The quantitative estimate of drug-likeness (QED) is 0.874. The minimum atomic E-state index is -4.49. The Hall–Kier alpha value is -1.76. The second-order valence-corrected chi connectivity index (χ2v) is 4.70. The van der Waals surface area contributed by atoms with Gasteiger partial charge in [0, 0.05) is 25.8 Å². The topological polar surface area (TPSA) is 52.6 Å². The number of nitrogens with one attached hydrogen (secondary N) is 1. The van der Waals surface area contributed by atoms with E-state index in [1.165, 1.54) is 18.0 Å². The second kappa shape index (κ2) is 5.32. The van der Waals surface area contributed by atoms with E-state index in [1.54, 1.807) is 0 Å². The Kier molecular flexibility index (Phi) is 3.89. The number of hydrogen-bond donors (Lipinski definition) is 2. The number of rotatable bonds is 2. The monoisotopic (exact) mass is 288 g/mol. The molecule has 2 rings (SSSR count). The lowest BCUT2D eigenvalue weighted by Crippen LogP contribution is -2.30. The number of carbonyl (C=O) groups is 1. The zero-order valence-corrected chi connectivity index (χ0v) is 10.9. The van der Waals surface area contributed by atoms with E-state index in [-0.39, 0.29) is 12.1 Å². The maximum Gasteiger partial charge on any atom is 0.416 e. The van der Waals surface area contributed by atoms with Gasteiger partial charge < -0.3 is 15.3 Å². The fourth-order valence-electron chi connectivity index (χ4n) is 2.21. The van der Waals surface area contributed by atoms with Crippen molar-refractivity contribution >= 4 is 11.6 Å². The van der Waals surface area contributed by atoms with Crippen molar-refractivity contribution in [2.24, 2.45) is 0 Å². The molecule has 1 amide bonds. The molecular formula is C13H15F3N2O2. The lowest BCUT2D eigenvalue weighted by atomic mass is 10.1. The standard InChI is InChI=1S/C13H15F3N2O2/c1-17-11-3-2-8(13(14,15)16)6-10(11)12(20)18-5-4-9(19)7-18/h2-3,6,9,17,19H,4-5,7H2,1H3. The van der Waals surface area contributed by atoms with Crippen molar-refractivity contribution in [2.45, 2.75) is 18.7 Å². The molecule has 110 valence electrons. The van der Waals surface area contributed by atoms with Gasteiger partial charge in [0.15, 0.2) is 0 Å². The predicted molar refractivity (Wildman–Crippen MR) is 67.5 cm³/mol. The van der Waals surface area contributed by atoms with Crippen LogP contribution in [0, 0.1) is 0 Å². The molecule has 4 nitrogen and oxygen atoms in total. The van der Waals surface area contributed by atoms with Crippen LogP contribution in [0.25, 0.3) is 0 Å². The van der Waals surface area contributed by atoms with Gasteiger partial charge in [0.25, 0.3) is 5.91 Å². The molecule has 1 unspecified atom stereocenters. The van der Waals surface area contributed by atoms with Crippen LogP contribution < -0.4 is 5.32 Å². The van der Waals surface area contributed by atoms with Gasteiger partial charge in [0.05, 0.1) is 17.2 Å². The van der Waals surface area contributed by atoms with Gasteiger partial charge in [-0.25, -0.2) is 0 Å². The molecule has 0 bridgehead atoms. The summed E-state index contributed by atoms with van der Waals surface area (Å²) in [4.78, 5) is 13.6. The number of carbonyl (C=O) groups excluding carboxylic acids is 1. The van der Waals surface area contributed by atoms with Crippen LogP contribution >= 0.6 is 0 Å². The summed E-state index contributed by atoms with van der Waals surface area (Å²) in [5, 5.41) is 12.1. The Morgan fingerprint density at radius 3 is 2.65 bits per heavy atom. The second-order valence-electron chi connectivity index (χ2n) is 4.70. The van der Waals surface area contributed by atoms with E-state index in [9.17, 15) is 23.1 Å². The van der Waals surface area contributed by atoms with Gasteiger partial charge in [-0.1, -0.05) is 0 Å². The summed E-state index contributed by atoms with van der Waals surface area (Å²) < 4.78 is 38.2. The van der Waals surface area contributed by atoms with Crippen LogP contribution in [0.5, 0.6) is 0 Å². The molecule has 2 N–H and O–H groups in total. The van der Waals surface area contributed by atoms with Crippen LogP contribution in [0.2, 0.25) is 0 Å². The fourth-order valence-corrected chi connectivity index (χ4v) is 2.21.